The van der Waals surface area contributed by atoms with Crippen molar-refractivity contribution in [3.05, 3.63) is 67.9 Å². The number of aromatic nitrogens is 3. The van der Waals surface area contributed by atoms with E-state index in [1.165, 1.54) is 23.5 Å². The van der Waals surface area contributed by atoms with E-state index in [1.54, 1.807) is 12.1 Å². The highest BCUT2D eigenvalue weighted by Crippen LogP contribution is 2.27. The molecule has 0 atom stereocenters. The number of hydrogen-bond donors (Lipinski definition) is 1. The molecule has 5 nitrogen and oxygen atoms in total. The number of aromatic amines is 1. The standard InChI is InChI=1S/C18H14F4N4OS/c19-11-3-1-10(2-4-11)14-9-28-15(23-14)8-26-6-5-13-12(7-26)16(27)25-17(24-13)18(20,21)22/h1-4,9H,5-8H2,(H,24,25,27). The fourth-order valence-electron chi connectivity index (χ4n) is 3.08. The molecule has 0 aliphatic carbocycles. The van der Waals surface area contributed by atoms with Crippen molar-refractivity contribution in [3.8, 4) is 11.3 Å². The second kappa shape index (κ2) is 7.10. The summed E-state index contributed by atoms with van der Waals surface area (Å²) in [5, 5.41) is 2.67. The van der Waals surface area contributed by atoms with Crippen molar-refractivity contribution in [2.24, 2.45) is 0 Å². The summed E-state index contributed by atoms with van der Waals surface area (Å²) in [6.07, 6.45) is -4.42. The first-order valence-corrected chi connectivity index (χ1v) is 9.29. The molecule has 0 radical (unpaired) electrons. The van der Waals surface area contributed by atoms with Crippen molar-refractivity contribution in [2.45, 2.75) is 25.7 Å². The van der Waals surface area contributed by atoms with E-state index >= 15 is 0 Å². The summed E-state index contributed by atoms with van der Waals surface area (Å²) in [5.74, 6) is -1.58. The smallest absolute Gasteiger partial charge is 0.303 e. The molecular weight excluding hydrogens is 396 g/mol. The summed E-state index contributed by atoms with van der Waals surface area (Å²) in [6.45, 7) is 1.15. The minimum Gasteiger partial charge on any atom is -0.303 e. The molecule has 0 amide bonds. The topological polar surface area (TPSA) is 61.9 Å². The average Bonchev–Trinajstić information content (AvgIpc) is 3.10. The predicted octanol–water partition coefficient (Wildman–Crippen LogP) is 3.61. The van der Waals surface area contributed by atoms with E-state index in [2.05, 4.69) is 9.97 Å². The lowest BCUT2D eigenvalue weighted by Gasteiger charge is -2.26. The van der Waals surface area contributed by atoms with E-state index in [0.29, 0.717) is 13.1 Å². The summed E-state index contributed by atoms with van der Waals surface area (Å²) >= 11 is 1.44. The van der Waals surface area contributed by atoms with Crippen LogP contribution in [-0.2, 0) is 25.7 Å². The van der Waals surface area contributed by atoms with Gasteiger partial charge in [-0.2, -0.15) is 13.2 Å². The molecule has 10 heteroatoms. The van der Waals surface area contributed by atoms with Gasteiger partial charge in [-0.15, -0.1) is 11.3 Å². The van der Waals surface area contributed by atoms with Crippen LogP contribution in [0.2, 0.25) is 0 Å². The zero-order chi connectivity index (χ0) is 19.9. The Bertz CT molecular complexity index is 1060. The van der Waals surface area contributed by atoms with Gasteiger partial charge in [0.25, 0.3) is 5.56 Å². The van der Waals surface area contributed by atoms with Crippen LogP contribution in [0.1, 0.15) is 22.1 Å². The molecule has 3 aromatic rings. The highest BCUT2D eigenvalue weighted by atomic mass is 32.1. The Hall–Kier alpha value is -2.59. The minimum atomic E-state index is -4.68. The fraction of sp³-hybridized carbons (Fsp3) is 0.278. The first-order chi connectivity index (χ1) is 13.3. The normalized spacial score (nSPS) is 14.9. The molecule has 1 aromatic carbocycles. The molecule has 0 unspecified atom stereocenters. The van der Waals surface area contributed by atoms with Crippen molar-refractivity contribution < 1.29 is 17.6 Å². The second-order valence-corrected chi connectivity index (χ2v) is 7.37. The molecular formula is C18H14F4N4OS. The Labute approximate surface area is 160 Å². The number of fused-ring (bicyclic) bond motifs is 1. The van der Waals surface area contributed by atoms with Crippen molar-refractivity contribution in [2.75, 3.05) is 6.54 Å². The van der Waals surface area contributed by atoms with Gasteiger partial charge >= 0.3 is 6.18 Å². The van der Waals surface area contributed by atoms with Crippen LogP contribution in [0.5, 0.6) is 0 Å². The van der Waals surface area contributed by atoms with Gasteiger partial charge in [0.05, 0.1) is 23.5 Å². The molecule has 0 fully saturated rings. The summed E-state index contributed by atoms with van der Waals surface area (Å²) in [5.41, 5.74) is 1.22. The maximum atomic E-state index is 13.0. The Morgan fingerprint density at radius 2 is 1.93 bits per heavy atom. The molecule has 1 aliphatic heterocycles. The molecule has 2 aromatic heterocycles. The number of hydrogen-bond acceptors (Lipinski definition) is 5. The SMILES string of the molecule is O=c1[nH]c(C(F)(F)F)nc2c1CN(Cc1nc(-c3ccc(F)cc3)cs1)CC2. The van der Waals surface area contributed by atoms with Gasteiger partial charge in [0.15, 0.2) is 0 Å². The number of thiazole rings is 1. The Morgan fingerprint density at radius 1 is 1.18 bits per heavy atom. The maximum Gasteiger partial charge on any atom is 0.449 e. The van der Waals surface area contributed by atoms with E-state index < -0.39 is 17.6 Å². The third-order valence-corrected chi connectivity index (χ3v) is 5.30. The van der Waals surface area contributed by atoms with Gasteiger partial charge in [0, 0.05) is 30.5 Å². The third kappa shape index (κ3) is 3.83. The second-order valence-electron chi connectivity index (χ2n) is 6.43. The van der Waals surface area contributed by atoms with Crippen molar-refractivity contribution in [1.82, 2.24) is 19.9 Å². The molecule has 3 heterocycles. The fourth-order valence-corrected chi connectivity index (χ4v) is 3.92. The lowest BCUT2D eigenvalue weighted by molar-refractivity contribution is -0.145. The first kappa shape index (κ1) is 18.8. The Kier molecular flexibility index (Phi) is 4.76. The number of rotatable bonds is 3. The minimum absolute atomic E-state index is 0.193. The summed E-state index contributed by atoms with van der Waals surface area (Å²) in [7, 11) is 0. The van der Waals surface area contributed by atoms with Gasteiger partial charge in [-0.3, -0.25) is 9.69 Å². The molecule has 28 heavy (non-hydrogen) atoms. The van der Waals surface area contributed by atoms with Crippen LogP contribution in [0.3, 0.4) is 0 Å². The monoisotopic (exact) mass is 410 g/mol. The highest BCUT2D eigenvalue weighted by Gasteiger charge is 2.36. The highest BCUT2D eigenvalue weighted by molar-refractivity contribution is 7.09. The first-order valence-electron chi connectivity index (χ1n) is 8.41. The number of halogens is 4. The summed E-state index contributed by atoms with van der Waals surface area (Å²) < 4.78 is 51.4. The Balaban J connectivity index is 1.50. The molecule has 0 saturated heterocycles. The zero-order valence-electron chi connectivity index (χ0n) is 14.4. The summed E-state index contributed by atoms with van der Waals surface area (Å²) in [6, 6.07) is 6.03. The number of nitrogens with zero attached hydrogens (tertiary/aromatic N) is 3. The third-order valence-electron chi connectivity index (χ3n) is 4.47. The van der Waals surface area contributed by atoms with Crippen LogP contribution in [0.25, 0.3) is 11.3 Å². The van der Waals surface area contributed by atoms with Crippen LogP contribution in [0, 0.1) is 5.82 Å². The lowest BCUT2D eigenvalue weighted by atomic mass is 10.1. The van der Waals surface area contributed by atoms with Crippen LogP contribution in [0.15, 0.2) is 34.4 Å². The van der Waals surface area contributed by atoms with Gasteiger partial charge in [0.2, 0.25) is 5.82 Å². The predicted molar refractivity (Wildman–Crippen MR) is 95.2 cm³/mol. The van der Waals surface area contributed by atoms with Crippen LogP contribution < -0.4 is 5.56 Å². The molecule has 4 rings (SSSR count). The molecule has 0 spiro atoms. The maximum absolute atomic E-state index is 13.0. The molecule has 0 bridgehead atoms. The molecule has 0 saturated carbocycles. The lowest BCUT2D eigenvalue weighted by Crippen LogP contribution is -2.36. The van der Waals surface area contributed by atoms with E-state index in [1.807, 2.05) is 15.3 Å². The van der Waals surface area contributed by atoms with E-state index in [0.717, 1.165) is 16.3 Å². The largest absolute Gasteiger partial charge is 0.449 e. The van der Waals surface area contributed by atoms with Crippen molar-refractivity contribution >= 4 is 11.3 Å². The van der Waals surface area contributed by atoms with Gasteiger partial charge in [-0.25, -0.2) is 14.4 Å². The van der Waals surface area contributed by atoms with E-state index in [9.17, 15) is 22.4 Å². The quantitative estimate of drug-likeness (QED) is 0.671. The van der Waals surface area contributed by atoms with E-state index in [4.69, 9.17) is 0 Å². The van der Waals surface area contributed by atoms with Gasteiger partial charge in [0.1, 0.15) is 10.8 Å². The van der Waals surface area contributed by atoms with Gasteiger partial charge < -0.3 is 4.98 Å². The molecule has 146 valence electrons. The van der Waals surface area contributed by atoms with Crippen LogP contribution in [0.4, 0.5) is 17.6 Å². The average molecular weight is 410 g/mol. The van der Waals surface area contributed by atoms with Crippen molar-refractivity contribution in [3.63, 3.8) is 0 Å². The van der Waals surface area contributed by atoms with E-state index in [-0.39, 0.29) is 30.0 Å². The number of H-pyrrole nitrogens is 1. The number of benzene rings is 1. The van der Waals surface area contributed by atoms with Gasteiger partial charge in [-0.1, -0.05) is 0 Å². The summed E-state index contributed by atoms with van der Waals surface area (Å²) in [4.78, 5) is 24.0. The number of alkyl halides is 3. The molecule has 1 N–H and O–H groups in total. The molecule has 1 aliphatic rings. The zero-order valence-corrected chi connectivity index (χ0v) is 15.2. The van der Waals surface area contributed by atoms with Crippen molar-refractivity contribution in [1.29, 1.82) is 0 Å². The van der Waals surface area contributed by atoms with Gasteiger partial charge in [-0.05, 0) is 24.3 Å². The number of nitrogens with one attached hydrogen (secondary N) is 1. The Morgan fingerprint density at radius 3 is 2.64 bits per heavy atom. The van der Waals surface area contributed by atoms with Crippen LogP contribution >= 0.6 is 11.3 Å². The van der Waals surface area contributed by atoms with Crippen LogP contribution in [-0.4, -0.2) is 26.4 Å².